The highest BCUT2D eigenvalue weighted by Gasteiger charge is 2.32. The highest BCUT2D eigenvalue weighted by atomic mass is 19.1. The Hall–Kier alpha value is -3.42. The SMILES string of the molecule is CC(C)(C[C@H]1CCN(c2nc(-c3ccccc3O)nc3ccc(F)cc23)C1)OC(N)=O. The van der Waals surface area contributed by atoms with Crippen LogP contribution in [-0.4, -0.2) is 39.9 Å². The normalized spacial score (nSPS) is 16.6. The topological polar surface area (TPSA) is 102 Å². The van der Waals surface area contributed by atoms with Gasteiger partial charge >= 0.3 is 6.09 Å². The van der Waals surface area contributed by atoms with Gasteiger partial charge < -0.3 is 20.5 Å². The minimum absolute atomic E-state index is 0.0829. The Morgan fingerprint density at radius 3 is 2.81 bits per heavy atom. The summed E-state index contributed by atoms with van der Waals surface area (Å²) >= 11 is 0. The summed E-state index contributed by atoms with van der Waals surface area (Å²) in [6.07, 6.45) is 0.735. The van der Waals surface area contributed by atoms with E-state index in [0.717, 1.165) is 13.0 Å². The molecule has 3 aromatic rings. The van der Waals surface area contributed by atoms with Crippen molar-refractivity contribution in [2.24, 2.45) is 11.7 Å². The number of halogens is 1. The van der Waals surface area contributed by atoms with Crippen molar-refractivity contribution in [2.75, 3.05) is 18.0 Å². The number of primary amides is 1. The molecule has 0 spiro atoms. The minimum atomic E-state index is -0.788. The van der Waals surface area contributed by atoms with Crippen LogP contribution in [0.15, 0.2) is 42.5 Å². The zero-order valence-corrected chi connectivity index (χ0v) is 17.5. The molecule has 162 valence electrons. The molecule has 7 nitrogen and oxygen atoms in total. The maximum absolute atomic E-state index is 14.0. The number of para-hydroxylation sites is 1. The van der Waals surface area contributed by atoms with E-state index >= 15 is 0 Å². The van der Waals surface area contributed by atoms with Crippen molar-refractivity contribution >= 4 is 22.8 Å². The molecule has 1 aliphatic rings. The fraction of sp³-hybridized carbons (Fsp3) is 0.348. The van der Waals surface area contributed by atoms with Gasteiger partial charge in [0.25, 0.3) is 0 Å². The summed E-state index contributed by atoms with van der Waals surface area (Å²) in [4.78, 5) is 22.5. The number of carbonyl (C=O) groups is 1. The number of rotatable bonds is 5. The summed E-state index contributed by atoms with van der Waals surface area (Å²) < 4.78 is 19.3. The molecule has 0 unspecified atom stereocenters. The molecule has 3 N–H and O–H groups in total. The van der Waals surface area contributed by atoms with Crippen molar-refractivity contribution in [2.45, 2.75) is 32.3 Å². The number of anilines is 1. The molecule has 0 radical (unpaired) electrons. The molecular weight excluding hydrogens is 399 g/mol. The van der Waals surface area contributed by atoms with Crippen LogP contribution < -0.4 is 10.6 Å². The van der Waals surface area contributed by atoms with E-state index in [9.17, 15) is 14.3 Å². The van der Waals surface area contributed by atoms with Crippen molar-refractivity contribution in [3.05, 3.63) is 48.3 Å². The number of ether oxygens (including phenoxy) is 1. The number of phenolic OH excluding ortho intramolecular Hbond substituents is 1. The lowest BCUT2D eigenvalue weighted by atomic mass is 9.93. The van der Waals surface area contributed by atoms with Crippen LogP contribution in [0.25, 0.3) is 22.3 Å². The van der Waals surface area contributed by atoms with Crippen molar-refractivity contribution in [1.29, 1.82) is 0 Å². The highest BCUT2D eigenvalue weighted by Crippen LogP contribution is 2.35. The van der Waals surface area contributed by atoms with E-state index in [1.807, 2.05) is 13.8 Å². The maximum Gasteiger partial charge on any atom is 0.405 e. The molecule has 0 saturated carbocycles. The van der Waals surface area contributed by atoms with Gasteiger partial charge in [0.1, 0.15) is 23.0 Å². The minimum Gasteiger partial charge on any atom is -0.507 e. The Morgan fingerprint density at radius 1 is 1.29 bits per heavy atom. The number of hydrogen-bond donors (Lipinski definition) is 2. The molecule has 1 atom stereocenters. The zero-order chi connectivity index (χ0) is 22.2. The number of phenols is 1. The number of nitrogens with zero attached hydrogens (tertiary/aromatic N) is 3. The first kappa shape index (κ1) is 20.8. The lowest BCUT2D eigenvalue weighted by molar-refractivity contribution is 0.0286. The van der Waals surface area contributed by atoms with E-state index in [1.54, 1.807) is 30.3 Å². The van der Waals surface area contributed by atoms with Gasteiger partial charge in [-0.2, -0.15) is 0 Å². The molecule has 1 fully saturated rings. The summed E-state index contributed by atoms with van der Waals surface area (Å²) in [7, 11) is 0. The molecule has 0 aliphatic carbocycles. The van der Waals surface area contributed by atoms with Crippen LogP contribution in [0.4, 0.5) is 15.0 Å². The van der Waals surface area contributed by atoms with Gasteiger partial charge in [-0.3, -0.25) is 0 Å². The lowest BCUT2D eigenvalue weighted by Gasteiger charge is -2.27. The highest BCUT2D eigenvalue weighted by molar-refractivity contribution is 5.91. The Bertz CT molecular complexity index is 1140. The van der Waals surface area contributed by atoms with Crippen LogP contribution in [0.3, 0.4) is 0 Å². The number of aromatic hydroxyl groups is 1. The molecule has 1 aromatic heterocycles. The summed E-state index contributed by atoms with van der Waals surface area (Å²) in [5, 5.41) is 10.9. The number of fused-ring (bicyclic) bond motifs is 1. The third-order valence-electron chi connectivity index (χ3n) is 5.53. The zero-order valence-electron chi connectivity index (χ0n) is 17.5. The van der Waals surface area contributed by atoms with Crippen molar-refractivity contribution in [3.8, 4) is 17.1 Å². The van der Waals surface area contributed by atoms with Gasteiger partial charge in [-0.15, -0.1) is 0 Å². The molecule has 4 rings (SSSR count). The standard InChI is InChI=1S/C23H25FN4O3/c1-23(2,31-22(25)30)12-14-9-10-28(13-14)21-17-11-15(24)7-8-18(17)26-20(27-21)16-5-3-4-6-19(16)29/h3-8,11,14,29H,9-10,12-13H2,1-2H3,(H2,25,30)/t14-/m1/s1. The van der Waals surface area contributed by atoms with E-state index in [0.29, 0.717) is 41.1 Å². The summed E-state index contributed by atoms with van der Waals surface area (Å²) in [6, 6.07) is 11.3. The third-order valence-corrected chi connectivity index (χ3v) is 5.53. The average Bonchev–Trinajstić information content (AvgIpc) is 3.14. The van der Waals surface area contributed by atoms with Gasteiger partial charge in [0.05, 0.1) is 11.1 Å². The average molecular weight is 424 g/mol. The van der Waals surface area contributed by atoms with Gasteiger partial charge in [0.15, 0.2) is 5.82 Å². The number of aromatic nitrogens is 2. The maximum atomic E-state index is 14.0. The second-order valence-corrected chi connectivity index (χ2v) is 8.54. The van der Waals surface area contributed by atoms with Crippen LogP contribution in [0.1, 0.15) is 26.7 Å². The van der Waals surface area contributed by atoms with E-state index in [-0.39, 0.29) is 17.5 Å². The third kappa shape index (κ3) is 4.52. The number of amides is 1. The first-order chi connectivity index (χ1) is 14.7. The molecule has 2 aromatic carbocycles. The molecule has 31 heavy (non-hydrogen) atoms. The molecular formula is C23H25FN4O3. The molecule has 2 heterocycles. The van der Waals surface area contributed by atoms with Crippen LogP contribution in [0.5, 0.6) is 5.75 Å². The van der Waals surface area contributed by atoms with Crippen LogP contribution in [0, 0.1) is 11.7 Å². The van der Waals surface area contributed by atoms with Crippen LogP contribution >= 0.6 is 0 Å². The van der Waals surface area contributed by atoms with Crippen LogP contribution in [-0.2, 0) is 4.74 Å². The molecule has 1 amide bonds. The van der Waals surface area contributed by atoms with Gasteiger partial charge in [-0.25, -0.2) is 19.2 Å². The first-order valence-electron chi connectivity index (χ1n) is 10.2. The van der Waals surface area contributed by atoms with E-state index in [1.165, 1.54) is 12.1 Å². The molecule has 8 heteroatoms. The summed E-state index contributed by atoms with van der Waals surface area (Å²) in [5.41, 5.74) is 5.63. The van der Waals surface area contributed by atoms with E-state index in [4.69, 9.17) is 15.5 Å². The monoisotopic (exact) mass is 424 g/mol. The van der Waals surface area contributed by atoms with Crippen LogP contribution in [0.2, 0.25) is 0 Å². The predicted octanol–water partition coefficient (Wildman–Crippen LogP) is 4.23. The molecule has 1 saturated heterocycles. The summed E-state index contributed by atoms with van der Waals surface area (Å²) in [6.45, 7) is 5.08. The summed E-state index contributed by atoms with van der Waals surface area (Å²) in [5.74, 6) is 0.979. The largest absolute Gasteiger partial charge is 0.507 e. The molecule has 1 aliphatic heterocycles. The Kier molecular flexibility index (Phi) is 5.39. The quantitative estimate of drug-likeness (QED) is 0.636. The van der Waals surface area contributed by atoms with Gasteiger partial charge in [-0.05, 0) is 62.9 Å². The second kappa shape index (κ2) is 8.02. The number of nitrogens with two attached hydrogens (primary N) is 1. The first-order valence-corrected chi connectivity index (χ1v) is 10.2. The number of benzene rings is 2. The van der Waals surface area contributed by atoms with Crippen molar-refractivity contribution in [3.63, 3.8) is 0 Å². The van der Waals surface area contributed by atoms with Crippen molar-refractivity contribution < 1.29 is 19.0 Å². The molecule has 0 bridgehead atoms. The second-order valence-electron chi connectivity index (χ2n) is 8.54. The predicted molar refractivity (Wildman–Crippen MR) is 116 cm³/mol. The van der Waals surface area contributed by atoms with Gasteiger partial charge in [0, 0.05) is 18.5 Å². The fourth-order valence-electron chi connectivity index (χ4n) is 4.31. The van der Waals surface area contributed by atoms with Crippen molar-refractivity contribution in [1.82, 2.24) is 9.97 Å². The Balaban J connectivity index is 1.69. The Labute approximate surface area is 179 Å². The van der Waals surface area contributed by atoms with Gasteiger partial charge in [0.2, 0.25) is 0 Å². The van der Waals surface area contributed by atoms with Gasteiger partial charge in [-0.1, -0.05) is 12.1 Å². The van der Waals surface area contributed by atoms with E-state index < -0.39 is 11.7 Å². The lowest BCUT2D eigenvalue weighted by Crippen LogP contribution is -2.34. The smallest absolute Gasteiger partial charge is 0.405 e. The van der Waals surface area contributed by atoms with E-state index in [2.05, 4.69) is 9.88 Å². The fourth-order valence-corrected chi connectivity index (χ4v) is 4.31. The Morgan fingerprint density at radius 2 is 2.06 bits per heavy atom. The number of hydrogen-bond acceptors (Lipinski definition) is 6. The number of carbonyl (C=O) groups excluding carboxylic acids is 1.